The number of hydrogen-bond donors (Lipinski definition) is 2. The average Bonchev–Trinajstić information content (AvgIpc) is 2.78. The largest absolute Gasteiger partial charge is 0.489 e. The number of anilines is 2. The van der Waals surface area contributed by atoms with Crippen molar-refractivity contribution in [2.75, 3.05) is 37.3 Å². The van der Waals surface area contributed by atoms with E-state index in [1.165, 1.54) is 25.4 Å². The number of halogens is 2. The van der Waals surface area contributed by atoms with Crippen molar-refractivity contribution < 1.29 is 4.74 Å². The number of nitrogens with zero attached hydrogens (tertiary/aromatic N) is 4. The Labute approximate surface area is 202 Å². The number of likely N-dealkylation sites (tertiary alicyclic amines) is 1. The van der Waals surface area contributed by atoms with E-state index in [1.54, 1.807) is 24.4 Å². The van der Waals surface area contributed by atoms with Crippen LogP contribution in [0, 0.1) is 5.41 Å². The van der Waals surface area contributed by atoms with Gasteiger partial charge in [-0.1, -0.05) is 23.2 Å². The topological polar surface area (TPSA) is 91.4 Å². The van der Waals surface area contributed by atoms with Crippen molar-refractivity contribution in [3.05, 3.63) is 75.7 Å². The second-order valence-corrected chi connectivity index (χ2v) is 9.47. The number of nitrogens with two attached hydrogens (primary N) is 1. The van der Waals surface area contributed by atoms with Gasteiger partial charge in [-0.05, 0) is 43.8 Å². The van der Waals surface area contributed by atoms with Gasteiger partial charge in [0, 0.05) is 60.6 Å². The SMILES string of the molecule is CN1CCC12CN(c1ccc(C(=N)c3cc(OCc4c(Cl)cncc4Cl)ccc3N)cn1)C2. The van der Waals surface area contributed by atoms with Crippen molar-refractivity contribution in [1.29, 1.82) is 5.41 Å². The van der Waals surface area contributed by atoms with Crippen LogP contribution in [0.15, 0.2) is 48.9 Å². The molecule has 170 valence electrons. The molecular formula is C24H24Cl2N6O. The fourth-order valence-corrected chi connectivity index (χ4v) is 4.80. The number of rotatable bonds is 6. The van der Waals surface area contributed by atoms with E-state index in [4.69, 9.17) is 39.1 Å². The molecule has 3 N–H and O–H groups in total. The minimum atomic E-state index is 0.180. The summed E-state index contributed by atoms with van der Waals surface area (Å²) in [7, 11) is 2.18. The molecule has 1 aromatic carbocycles. The van der Waals surface area contributed by atoms with Gasteiger partial charge in [-0.15, -0.1) is 0 Å². The molecule has 2 fully saturated rings. The van der Waals surface area contributed by atoms with Gasteiger partial charge in [0.25, 0.3) is 0 Å². The summed E-state index contributed by atoms with van der Waals surface area (Å²) in [6, 6.07) is 9.13. The summed E-state index contributed by atoms with van der Waals surface area (Å²) in [5.41, 5.74) is 9.22. The second kappa shape index (κ2) is 8.48. The van der Waals surface area contributed by atoms with Crippen molar-refractivity contribution in [2.45, 2.75) is 18.6 Å². The number of likely N-dealkylation sites (N-methyl/N-ethyl adjacent to an activating group) is 1. The smallest absolute Gasteiger partial charge is 0.128 e. The van der Waals surface area contributed by atoms with Crippen LogP contribution in [0.1, 0.15) is 23.1 Å². The van der Waals surface area contributed by atoms with Crippen LogP contribution >= 0.6 is 23.2 Å². The van der Waals surface area contributed by atoms with Crippen LogP contribution in [0.5, 0.6) is 5.75 Å². The molecule has 2 aliphatic rings. The van der Waals surface area contributed by atoms with Gasteiger partial charge in [0.05, 0.1) is 21.3 Å². The number of nitrogens with one attached hydrogen (secondary N) is 1. The Kier molecular flexibility index (Phi) is 5.64. The molecule has 0 amide bonds. The van der Waals surface area contributed by atoms with Crippen molar-refractivity contribution >= 4 is 40.4 Å². The van der Waals surface area contributed by atoms with E-state index in [1.807, 2.05) is 12.1 Å². The third-order valence-electron chi connectivity index (χ3n) is 6.68. The number of ether oxygens (including phenoxy) is 1. The maximum atomic E-state index is 8.69. The monoisotopic (exact) mass is 482 g/mol. The first-order valence-electron chi connectivity index (χ1n) is 10.7. The van der Waals surface area contributed by atoms with Crippen LogP contribution < -0.4 is 15.4 Å². The van der Waals surface area contributed by atoms with Crippen molar-refractivity contribution in [3.8, 4) is 5.75 Å². The van der Waals surface area contributed by atoms with E-state index in [9.17, 15) is 0 Å². The van der Waals surface area contributed by atoms with E-state index < -0.39 is 0 Å². The molecule has 7 nitrogen and oxygen atoms in total. The molecular weight excluding hydrogens is 459 g/mol. The Morgan fingerprint density at radius 2 is 1.91 bits per heavy atom. The van der Waals surface area contributed by atoms with E-state index in [-0.39, 0.29) is 12.3 Å². The molecule has 2 aromatic heterocycles. The first kappa shape index (κ1) is 21.9. The van der Waals surface area contributed by atoms with Crippen LogP contribution in [0.2, 0.25) is 10.0 Å². The molecule has 0 atom stereocenters. The molecule has 33 heavy (non-hydrogen) atoms. The third-order valence-corrected chi connectivity index (χ3v) is 7.33. The predicted molar refractivity (Wildman–Crippen MR) is 132 cm³/mol. The van der Waals surface area contributed by atoms with Crippen LogP contribution in [0.25, 0.3) is 0 Å². The maximum Gasteiger partial charge on any atom is 0.128 e. The lowest BCUT2D eigenvalue weighted by Crippen LogP contribution is -2.76. The molecule has 3 aromatic rings. The van der Waals surface area contributed by atoms with Crippen LogP contribution in [-0.2, 0) is 6.61 Å². The number of aromatic nitrogens is 2. The first-order valence-corrected chi connectivity index (χ1v) is 11.4. The summed E-state index contributed by atoms with van der Waals surface area (Å²) < 4.78 is 5.88. The fourth-order valence-electron chi connectivity index (χ4n) is 4.33. The van der Waals surface area contributed by atoms with Gasteiger partial charge in [-0.3, -0.25) is 15.3 Å². The summed E-state index contributed by atoms with van der Waals surface area (Å²) in [4.78, 5) is 13.3. The molecule has 9 heteroatoms. The van der Waals surface area contributed by atoms with Crippen LogP contribution in [-0.4, -0.2) is 52.8 Å². The number of nitrogen functional groups attached to an aromatic ring is 1. The molecule has 4 heterocycles. The highest BCUT2D eigenvalue weighted by molar-refractivity contribution is 6.35. The summed E-state index contributed by atoms with van der Waals surface area (Å²) in [5, 5.41) is 9.57. The van der Waals surface area contributed by atoms with Crippen LogP contribution in [0.3, 0.4) is 0 Å². The normalized spacial score (nSPS) is 16.9. The maximum absolute atomic E-state index is 8.69. The number of benzene rings is 1. The van der Waals surface area contributed by atoms with Gasteiger partial charge in [-0.2, -0.15) is 0 Å². The highest BCUT2D eigenvalue weighted by Crippen LogP contribution is 2.39. The molecule has 0 bridgehead atoms. The van der Waals surface area contributed by atoms with Crippen molar-refractivity contribution in [3.63, 3.8) is 0 Å². The second-order valence-electron chi connectivity index (χ2n) is 8.65. The van der Waals surface area contributed by atoms with E-state index in [0.717, 1.165) is 18.9 Å². The van der Waals surface area contributed by atoms with E-state index in [2.05, 4.69) is 26.8 Å². The summed E-state index contributed by atoms with van der Waals surface area (Å²) in [6.07, 6.45) is 6.03. The Morgan fingerprint density at radius 3 is 2.52 bits per heavy atom. The highest BCUT2D eigenvalue weighted by atomic mass is 35.5. The molecule has 2 aliphatic heterocycles. The van der Waals surface area contributed by atoms with Crippen molar-refractivity contribution in [2.24, 2.45) is 0 Å². The first-order chi connectivity index (χ1) is 15.9. The molecule has 2 saturated heterocycles. The zero-order chi connectivity index (χ0) is 23.2. The van der Waals surface area contributed by atoms with Gasteiger partial charge in [-0.25, -0.2) is 4.98 Å². The Hall–Kier alpha value is -2.87. The summed E-state index contributed by atoms with van der Waals surface area (Å²) >= 11 is 12.3. The molecule has 5 rings (SSSR count). The molecule has 0 saturated carbocycles. The third kappa shape index (κ3) is 4.01. The molecule has 0 unspecified atom stereocenters. The van der Waals surface area contributed by atoms with Gasteiger partial charge < -0.3 is 15.4 Å². The van der Waals surface area contributed by atoms with E-state index >= 15 is 0 Å². The lowest BCUT2D eigenvalue weighted by Gasteiger charge is -2.62. The minimum Gasteiger partial charge on any atom is -0.489 e. The fraction of sp³-hybridized carbons (Fsp3) is 0.292. The zero-order valence-electron chi connectivity index (χ0n) is 18.2. The Balaban J connectivity index is 1.28. The van der Waals surface area contributed by atoms with Gasteiger partial charge in [0.1, 0.15) is 18.2 Å². The zero-order valence-corrected chi connectivity index (χ0v) is 19.7. The van der Waals surface area contributed by atoms with Gasteiger partial charge in [0.2, 0.25) is 0 Å². The summed E-state index contributed by atoms with van der Waals surface area (Å²) in [6.45, 7) is 3.36. The standard InChI is InChI=1S/C24H24Cl2N6O/c1-31-7-6-24(31)13-32(14-24)22-5-2-15(9-30-22)23(28)17-8-16(3-4-21(17)27)33-12-18-19(25)10-29-11-20(18)26/h2-5,8-11,28H,6-7,12-14,27H2,1H3. The average molecular weight is 483 g/mol. The predicted octanol–water partition coefficient (Wildman–Crippen LogP) is 4.26. The lowest BCUT2D eigenvalue weighted by atomic mass is 9.78. The van der Waals surface area contributed by atoms with E-state index in [0.29, 0.717) is 43.7 Å². The number of pyridine rings is 2. The minimum absolute atomic E-state index is 0.180. The molecule has 0 aliphatic carbocycles. The Morgan fingerprint density at radius 1 is 1.15 bits per heavy atom. The van der Waals surface area contributed by atoms with Crippen molar-refractivity contribution in [1.82, 2.24) is 14.9 Å². The highest BCUT2D eigenvalue weighted by Gasteiger charge is 2.51. The molecule has 0 radical (unpaired) electrons. The van der Waals surface area contributed by atoms with Crippen LogP contribution in [0.4, 0.5) is 11.5 Å². The quantitative estimate of drug-likeness (QED) is 0.402. The van der Waals surface area contributed by atoms with Gasteiger partial charge in [0.15, 0.2) is 0 Å². The molecule has 1 spiro atoms. The number of hydrogen-bond acceptors (Lipinski definition) is 7. The summed E-state index contributed by atoms with van der Waals surface area (Å²) in [5.74, 6) is 1.50. The van der Waals surface area contributed by atoms with Gasteiger partial charge >= 0.3 is 0 Å². The Bertz CT molecular complexity index is 1190. The lowest BCUT2D eigenvalue weighted by molar-refractivity contribution is -0.0131.